The van der Waals surface area contributed by atoms with Crippen molar-refractivity contribution in [3.63, 3.8) is 0 Å². The number of carboxylic acids is 1. The topological polar surface area (TPSA) is 68.0 Å². The van der Waals surface area contributed by atoms with E-state index in [9.17, 15) is 9.90 Å². The maximum atomic E-state index is 11.2. The molecule has 6 heteroatoms. The van der Waals surface area contributed by atoms with E-state index < -0.39 is 5.97 Å². The van der Waals surface area contributed by atoms with Crippen LogP contribution in [0, 0.1) is 0 Å². The fourth-order valence-electron chi connectivity index (χ4n) is 3.40. The van der Waals surface area contributed by atoms with Crippen LogP contribution in [0.1, 0.15) is 10.5 Å². The summed E-state index contributed by atoms with van der Waals surface area (Å²) in [7, 11) is 0. The molecule has 0 unspecified atom stereocenters. The zero-order valence-electron chi connectivity index (χ0n) is 15.2. The Bertz CT molecular complexity index is 1340. The highest BCUT2D eigenvalue weighted by Gasteiger charge is 2.16. The maximum Gasteiger partial charge on any atom is 0.355 e. The number of carboxylic acid groups (broad SMARTS) is 1. The van der Waals surface area contributed by atoms with Crippen molar-refractivity contribution in [3.8, 4) is 27.4 Å². The number of pyridine rings is 1. The first-order valence-electron chi connectivity index (χ1n) is 9.02. The molecule has 2 aromatic carbocycles. The van der Waals surface area contributed by atoms with Crippen molar-refractivity contribution < 1.29 is 9.90 Å². The summed E-state index contributed by atoms with van der Waals surface area (Å²) >= 11 is 1.29. The third-order valence-corrected chi connectivity index (χ3v) is 5.60. The minimum atomic E-state index is -1.03. The van der Waals surface area contributed by atoms with E-state index in [4.69, 9.17) is 0 Å². The van der Waals surface area contributed by atoms with Crippen LogP contribution in [0.5, 0.6) is 0 Å². The van der Waals surface area contributed by atoms with Crippen molar-refractivity contribution in [2.24, 2.45) is 0 Å². The molecule has 0 aliphatic heterocycles. The van der Waals surface area contributed by atoms with Crippen LogP contribution in [0.15, 0.2) is 84.5 Å². The molecular formula is C23H15N3O2S. The van der Waals surface area contributed by atoms with Crippen LogP contribution in [0.25, 0.3) is 38.4 Å². The summed E-state index contributed by atoms with van der Waals surface area (Å²) in [4.78, 5) is 20.0. The molecule has 1 N–H and O–H groups in total. The van der Waals surface area contributed by atoms with Gasteiger partial charge in [0, 0.05) is 28.7 Å². The monoisotopic (exact) mass is 397 g/mol. The van der Waals surface area contributed by atoms with Crippen molar-refractivity contribution >= 4 is 28.3 Å². The van der Waals surface area contributed by atoms with Crippen molar-refractivity contribution in [2.45, 2.75) is 0 Å². The molecule has 0 spiro atoms. The summed E-state index contributed by atoms with van der Waals surface area (Å²) < 4.78 is 1.86. The van der Waals surface area contributed by atoms with E-state index in [-0.39, 0.29) is 5.69 Å². The van der Waals surface area contributed by atoms with Gasteiger partial charge >= 0.3 is 5.97 Å². The Morgan fingerprint density at radius 2 is 1.72 bits per heavy atom. The van der Waals surface area contributed by atoms with Gasteiger partial charge in [-0.2, -0.15) is 0 Å². The molecule has 3 heterocycles. The molecule has 0 bridgehead atoms. The zero-order valence-corrected chi connectivity index (χ0v) is 16.0. The average Bonchev–Trinajstić information content (AvgIpc) is 3.40. The van der Waals surface area contributed by atoms with Gasteiger partial charge in [-0.15, -0.1) is 11.3 Å². The molecule has 0 aliphatic rings. The predicted molar refractivity (Wildman–Crippen MR) is 115 cm³/mol. The Morgan fingerprint density at radius 1 is 0.931 bits per heavy atom. The third-order valence-electron chi connectivity index (χ3n) is 4.76. The minimum absolute atomic E-state index is 0.0374. The van der Waals surface area contributed by atoms with Gasteiger partial charge in [0.1, 0.15) is 5.65 Å². The second-order valence-electron chi connectivity index (χ2n) is 6.55. The maximum absolute atomic E-state index is 11.2. The van der Waals surface area contributed by atoms with Gasteiger partial charge in [-0.1, -0.05) is 48.5 Å². The molecule has 5 nitrogen and oxygen atoms in total. The molecule has 0 saturated carbocycles. The zero-order chi connectivity index (χ0) is 19.8. The standard InChI is InChI=1S/C23H15N3O2S/c27-22(28)20-14-29-23(25-20)26-13-19(18-10-5-11-24-21(18)26)17-9-4-8-16(12-17)15-6-2-1-3-7-15/h1-14H,(H,27,28). The Kier molecular flexibility index (Phi) is 4.18. The van der Waals surface area contributed by atoms with E-state index >= 15 is 0 Å². The highest BCUT2D eigenvalue weighted by atomic mass is 32.1. The molecule has 0 aliphatic carbocycles. The number of fused-ring (bicyclic) bond motifs is 1. The summed E-state index contributed by atoms with van der Waals surface area (Å²) in [5.41, 5.74) is 5.17. The molecule has 0 radical (unpaired) electrons. The quantitative estimate of drug-likeness (QED) is 0.434. The van der Waals surface area contributed by atoms with Crippen LogP contribution >= 0.6 is 11.3 Å². The van der Waals surface area contributed by atoms with Gasteiger partial charge in [0.15, 0.2) is 10.8 Å². The van der Waals surface area contributed by atoms with Crippen LogP contribution in [-0.2, 0) is 0 Å². The highest BCUT2D eigenvalue weighted by molar-refractivity contribution is 7.12. The fourth-order valence-corrected chi connectivity index (χ4v) is 4.18. The van der Waals surface area contributed by atoms with Gasteiger partial charge in [0.05, 0.1) is 0 Å². The van der Waals surface area contributed by atoms with E-state index in [1.165, 1.54) is 11.3 Å². The highest BCUT2D eigenvalue weighted by Crippen LogP contribution is 2.34. The Hall–Kier alpha value is -3.77. The van der Waals surface area contributed by atoms with Crippen LogP contribution in [0.4, 0.5) is 0 Å². The molecule has 140 valence electrons. The van der Waals surface area contributed by atoms with E-state index in [0.29, 0.717) is 5.13 Å². The first kappa shape index (κ1) is 17.3. The molecule has 5 rings (SSSR count). The number of carbonyl (C=O) groups is 1. The number of rotatable bonds is 4. The Morgan fingerprint density at radius 3 is 2.52 bits per heavy atom. The second kappa shape index (κ2) is 7.00. The van der Waals surface area contributed by atoms with Crippen LogP contribution in [-0.4, -0.2) is 25.6 Å². The molecule has 0 amide bonds. The number of thiazole rings is 1. The average molecular weight is 397 g/mol. The van der Waals surface area contributed by atoms with Gasteiger partial charge in [0.2, 0.25) is 0 Å². The van der Waals surface area contributed by atoms with E-state index in [0.717, 1.165) is 33.3 Å². The third kappa shape index (κ3) is 3.09. The summed E-state index contributed by atoms with van der Waals surface area (Å²) in [6.45, 7) is 0. The van der Waals surface area contributed by atoms with Crippen LogP contribution < -0.4 is 0 Å². The molecule has 5 aromatic rings. The number of aromatic nitrogens is 3. The fraction of sp³-hybridized carbons (Fsp3) is 0. The first-order chi connectivity index (χ1) is 14.2. The molecule has 0 fully saturated rings. The lowest BCUT2D eigenvalue weighted by Gasteiger charge is -2.05. The lowest BCUT2D eigenvalue weighted by atomic mass is 9.99. The van der Waals surface area contributed by atoms with Crippen molar-refractivity contribution in [1.82, 2.24) is 14.5 Å². The minimum Gasteiger partial charge on any atom is -0.476 e. The first-order valence-corrected chi connectivity index (χ1v) is 9.90. The van der Waals surface area contributed by atoms with Gasteiger partial charge in [-0.3, -0.25) is 4.57 Å². The molecule has 29 heavy (non-hydrogen) atoms. The Balaban J connectivity index is 1.68. The normalized spacial score (nSPS) is 11.0. The summed E-state index contributed by atoms with van der Waals surface area (Å²) in [5.74, 6) is -1.03. The largest absolute Gasteiger partial charge is 0.476 e. The Labute approximate surface area is 170 Å². The number of nitrogens with zero attached hydrogens (tertiary/aromatic N) is 3. The van der Waals surface area contributed by atoms with E-state index in [2.05, 4.69) is 40.3 Å². The van der Waals surface area contributed by atoms with Gasteiger partial charge in [-0.25, -0.2) is 14.8 Å². The second-order valence-corrected chi connectivity index (χ2v) is 7.39. The number of aromatic carboxylic acids is 1. The van der Waals surface area contributed by atoms with Gasteiger partial charge in [-0.05, 0) is 34.9 Å². The van der Waals surface area contributed by atoms with E-state index in [1.807, 2.05) is 47.2 Å². The lowest BCUT2D eigenvalue weighted by molar-refractivity contribution is 0.0691. The van der Waals surface area contributed by atoms with Gasteiger partial charge in [0.25, 0.3) is 0 Å². The van der Waals surface area contributed by atoms with E-state index in [1.54, 1.807) is 11.6 Å². The number of hydrogen-bond acceptors (Lipinski definition) is 4. The van der Waals surface area contributed by atoms with Crippen molar-refractivity contribution in [1.29, 1.82) is 0 Å². The number of benzene rings is 2. The molecular weight excluding hydrogens is 382 g/mol. The molecule has 0 saturated heterocycles. The summed E-state index contributed by atoms with van der Waals surface area (Å²) in [6.07, 6.45) is 3.71. The number of hydrogen-bond donors (Lipinski definition) is 1. The summed E-state index contributed by atoms with van der Waals surface area (Å²) in [6, 6.07) is 22.5. The van der Waals surface area contributed by atoms with Crippen LogP contribution in [0.3, 0.4) is 0 Å². The SMILES string of the molecule is O=C(O)c1csc(-n2cc(-c3cccc(-c4ccccc4)c3)c3cccnc32)n1. The molecule has 0 atom stereocenters. The van der Waals surface area contributed by atoms with Gasteiger partial charge < -0.3 is 5.11 Å². The predicted octanol–water partition coefficient (Wildman–Crippen LogP) is 5.51. The smallest absolute Gasteiger partial charge is 0.355 e. The summed E-state index contributed by atoms with van der Waals surface area (Å²) in [5, 5.41) is 12.3. The van der Waals surface area contributed by atoms with Crippen molar-refractivity contribution in [3.05, 3.63) is 90.2 Å². The molecule has 3 aromatic heterocycles. The van der Waals surface area contributed by atoms with Crippen LogP contribution in [0.2, 0.25) is 0 Å². The lowest BCUT2D eigenvalue weighted by Crippen LogP contribution is -1.98. The van der Waals surface area contributed by atoms with Crippen molar-refractivity contribution in [2.75, 3.05) is 0 Å².